The van der Waals surface area contributed by atoms with Gasteiger partial charge < -0.3 is 10.7 Å². The molecule has 0 aliphatic heterocycles. The molecule has 0 aliphatic carbocycles. The predicted molar refractivity (Wildman–Crippen MR) is 61.2 cm³/mol. The summed E-state index contributed by atoms with van der Waals surface area (Å²) in [7, 11) is 0. The van der Waals surface area contributed by atoms with Crippen molar-refractivity contribution in [1.82, 2.24) is 4.98 Å². The molecule has 0 bridgehead atoms. The van der Waals surface area contributed by atoms with Gasteiger partial charge in [0.25, 0.3) is 5.92 Å². The van der Waals surface area contributed by atoms with Crippen molar-refractivity contribution < 1.29 is 13.6 Å². The van der Waals surface area contributed by atoms with Crippen molar-refractivity contribution in [3.63, 3.8) is 0 Å². The molecule has 92 valence electrons. The van der Waals surface area contributed by atoms with Crippen LogP contribution in [0.2, 0.25) is 0 Å². The van der Waals surface area contributed by atoms with Gasteiger partial charge in [-0.15, -0.1) is 0 Å². The van der Waals surface area contributed by atoms with Crippen LogP contribution in [0.15, 0.2) is 12.3 Å². The average Bonchev–Trinajstić information content (AvgIpc) is 2.24. The summed E-state index contributed by atoms with van der Waals surface area (Å²) in [5.74, 6) is -3.12. The number of halogens is 2. The van der Waals surface area contributed by atoms with E-state index in [1.54, 1.807) is 0 Å². The molecule has 0 unspecified atom stereocenters. The van der Waals surface area contributed by atoms with E-state index in [0.29, 0.717) is 11.3 Å². The third kappa shape index (κ3) is 3.90. The number of rotatable bonds is 5. The number of hydrogen-bond acceptors (Lipinski definition) is 4. The van der Waals surface area contributed by atoms with E-state index in [0.717, 1.165) is 13.1 Å². The first-order chi connectivity index (χ1) is 7.83. The van der Waals surface area contributed by atoms with Crippen LogP contribution in [0, 0.1) is 5.41 Å². The lowest BCUT2D eigenvalue weighted by atomic mass is 10.2. The van der Waals surface area contributed by atoms with E-state index in [2.05, 4.69) is 10.3 Å². The molecule has 4 nitrogen and oxygen atoms in total. The zero-order valence-electron chi connectivity index (χ0n) is 9.55. The minimum atomic E-state index is -2.86. The summed E-state index contributed by atoms with van der Waals surface area (Å²) in [4.78, 5) is 14.9. The quantitative estimate of drug-likeness (QED) is 0.614. The fraction of sp³-hybridized carbons (Fsp3) is 0.364. The molecule has 17 heavy (non-hydrogen) atoms. The van der Waals surface area contributed by atoms with Gasteiger partial charge in [-0.1, -0.05) is 0 Å². The van der Waals surface area contributed by atoms with Crippen molar-refractivity contribution in [3.8, 4) is 0 Å². The number of alkyl halides is 2. The second kappa shape index (κ2) is 4.99. The van der Waals surface area contributed by atoms with Gasteiger partial charge in [0.1, 0.15) is 5.69 Å². The highest BCUT2D eigenvalue weighted by Gasteiger charge is 2.21. The van der Waals surface area contributed by atoms with Crippen LogP contribution in [0.1, 0.15) is 29.9 Å². The molecular formula is C11H13F2N3O. The molecule has 2 N–H and O–H groups in total. The monoisotopic (exact) mass is 241 g/mol. The van der Waals surface area contributed by atoms with Gasteiger partial charge in [0.05, 0.1) is 6.54 Å². The molecule has 1 heterocycles. The van der Waals surface area contributed by atoms with Crippen molar-refractivity contribution >= 4 is 17.7 Å². The Kier molecular flexibility index (Phi) is 3.88. The maximum absolute atomic E-state index is 12.7. The summed E-state index contributed by atoms with van der Waals surface area (Å²) < 4.78 is 25.4. The Morgan fingerprint density at radius 2 is 2.29 bits per heavy atom. The van der Waals surface area contributed by atoms with Crippen LogP contribution in [-0.4, -0.2) is 29.4 Å². The van der Waals surface area contributed by atoms with Crippen LogP contribution in [0.4, 0.5) is 14.5 Å². The number of anilines is 1. The largest absolute Gasteiger partial charge is 0.378 e. The molecule has 1 aromatic heterocycles. The molecule has 6 heteroatoms. The fourth-order valence-corrected chi connectivity index (χ4v) is 1.18. The van der Waals surface area contributed by atoms with Crippen LogP contribution in [0.3, 0.4) is 0 Å². The topological polar surface area (TPSA) is 65.8 Å². The van der Waals surface area contributed by atoms with Gasteiger partial charge in [0, 0.05) is 37.5 Å². The SMILES string of the molecule is CC(=O)c1cc(NCC(C)(F)F)c(C=N)cn1. The number of aromatic nitrogens is 1. The lowest BCUT2D eigenvalue weighted by molar-refractivity contribution is 0.0367. The fourth-order valence-electron chi connectivity index (χ4n) is 1.18. The molecule has 1 rings (SSSR count). The Balaban J connectivity index is 2.98. The summed E-state index contributed by atoms with van der Waals surface area (Å²) in [6.45, 7) is 1.57. The molecule has 0 amide bonds. The highest BCUT2D eigenvalue weighted by Crippen LogP contribution is 2.18. The summed E-state index contributed by atoms with van der Waals surface area (Å²) in [6.07, 6.45) is 2.30. The number of nitrogens with zero attached hydrogens (tertiary/aromatic N) is 1. The van der Waals surface area contributed by atoms with Crippen LogP contribution in [0.25, 0.3) is 0 Å². The maximum Gasteiger partial charge on any atom is 0.262 e. The first-order valence-corrected chi connectivity index (χ1v) is 4.96. The van der Waals surface area contributed by atoms with Gasteiger partial charge >= 0.3 is 0 Å². The lowest BCUT2D eigenvalue weighted by Gasteiger charge is -2.14. The molecule has 0 saturated heterocycles. The van der Waals surface area contributed by atoms with Crippen molar-refractivity contribution in [2.45, 2.75) is 19.8 Å². The minimum absolute atomic E-state index is 0.178. The molecule has 0 atom stereocenters. The molecule has 0 spiro atoms. The third-order valence-corrected chi connectivity index (χ3v) is 2.04. The summed E-state index contributed by atoms with van der Waals surface area (Å²) >= 11 is 0. The van der Waals surface area contributed by atoms with E-state index in [1.165, 1.54) is 19.2 Å². The third-order valence-electron chi connectivity index (χ3n) is 2.04. The first kappa shape index (κ1) is 13.2. The Morgan fingerprint density at radius 3 is 2.76 bits per heavy atom. The number of Topliss-reactive ketones (excluding diaryl/α,β-unsaturated/α-hetero) is 1. The van der Waals surface area contributed by atoms with Crippen LogP contribution in [-0.2, 0) is 0 Å². The normalized spacial score (nSPS) is 11.1. The van der Waals surface area contributed by atoms with Gasteiger partial charge in [-0.2, -0.15) is 0 Å². The molecular weight excluding hydrogens is 228 g/mol. The Bertz CT molecular complexity index is 441. The zero-order valence-corrected chi connectivity index (χ0v) is 9.55. The van der Waals surface area contributed by atoms with Gasteiger partial charge in [0.15, 0.2) is 5.78 Å². The molecule has 0 saturated carbocycles. The van der Waals surface area contributed by atoms with Crippen molar-refractivity contribution in [3.05, 3.63) is 23.5 Å². The van der Waals surface area contributed by atoms with E-state index in [9.17, 15) is 13.6 Å². The summed E-state index contributed by atoms with van der Waals surface area (Å²) in [5.41, 5.74) is 0.846. The average molecular weight is 241 g/mol. The van der Waals surface area contributed by atoms with Crippen molar-refractivity contribution in [2.75, 3.05) is 11.9 Å². The predicted octanol–water partition coefficient (Wildman–Crippen LogP) is 2.35. The van der Waals surface area contributed by atoms with Gasteiger partial charge in [-0.3, -0.25) is 9.78 Å². The van der Waals surface area contributed by atoms with E-state index < -0.39 is 12.5 Å². The zero-order chi connectivity index (χ0) is 13.1. The standard InChI is InChI=1S/C11H13F2N3O/c1-7(17)9-3-10(8(4-14)5-15-9)16-6-11(2,12)13/h3-5,14H,6H2,1-2H3,(H,15,16). The lowest BCUT2D eigenvalue weighted by Crippen LogP contribution is -2.23. The van der Waals surface area contributed by atoms with Crippen LogP contribution in [0.5, 0.6) is 0 Å². The minimum Gasteiger partial charge on any atom is -0.378 e. The number of ketones is 1. The molecule has 0 fully saturated rings. The van der Waals surface area contributed by atoms with E-state index >= 15 is 0 Å². The highest BCUT2D eigenvalue weighted by molar-refractivity contribution is 5.95. The molecule has 0 aromatic carbocycles. The van der Waals surface area contributed by atoms with Gasteiger partial charge in [-0.05, 0) is 6.07 Å². The molecule has 0 aliphatic rings. The van der Waals surface area contributed by atoms with Crippen LogP contribution < -0.4 is 5.32 Å². The van der Waals surface area contributed by atoms with E-state index in [1.807, 2.05) is 0 Å². The molecule has 1 aromatic rings. The Hall–Kier alpha value is -1.85. The molecule has 0 radical (unpaired) electrons. The maximum atomic E-state index is 12.7. The Labute approximate surface area is 97.6 Å². The van der Waals surface area contributed by atoms with Gasteiger partial charge in [-0.25, -0.2) is 8.78 Å². The Morgan fingerprint density at radius 1 is 1.65 bits per heavy atom. The summed E-state index contributed by atoms with van der Waals surface area (Å²) in [6, 6.07) is 1.37. The summed E-state index contributed by atoms with van der Waals surface area (Å²) in [5, 5.41) is 9.63. The van der Waals surface area contributed by atoms with Crippen molar-refractivity contribution in [1.29, 1.82) is 5.41 Å². The number of hydrogen-bond donors (Lipinski definition) is 2. The first-order valence-electron chi connectivity index (χ1n) is 4.96. The second-order valence-corrected chi connectivity index (χ2v) is 3.78. The number of carbonyl (C=O) groups is 1. The van der Waals surface area contributed by atoms with Crippen molar-refractivity contribution in [2.24, 2.45) is 0 Å². The smallest absolute Gasteiger partial charge is 0.262 e. The highest BCUT2D eigenvalue weighted by atomic mass is 19.3. The second-order valence-electron chi connectivity index (χ2n) is 3.78. The number of nitrogens with one attached hydrogen (secondary N) is 2. The van der Waals surface area contributed by atoms with Gasteiger partial charge in [0.2, 0.25) is 0 Å². The van der Waals surface area contributed by atoms with E-state index in [4.69, 9.17) is 5.41 Å². The van der Waals surface area contributed by atoms with E-state index in [-0.39, 0.29) is 11.5 Å². The van der Waals surface area contributed by atoms with Crippen LogP contribution >= 0.6 is 0 Å². The number of pyridine rings is 1. The number of carbonyl (C=O) groups excluding carboxylic acids is 1.